The SMILES string of the molecule is CCC(C(=O)NC(C)C(=O)O)N1CCCC1=O. The first-order chi connectivity index (χ1) is 7.97. The van der Waals surface area contributed by atoms with Crippen LogP contribution in [0.2, 0.25) is 0 Å². The van der Waals surface area contributed by atoms with E-state index < -0.39 is 24.0 Å². The molecule has 96 valence electrons. The van der Waals surface area contributed by atoms with Crippen molar-refractivity contribution in [1.29, 1.82) is 0 Å². The number of carboxylic acid groups (broad SMARTS) is 1. The quantitative estimate of drug-likeness (QED) is 0.709. The minimum Gasteiger partial charge on any atom is -0.480 e. The molecule has 0 saturated carbocycles. The minimum atomic E-state index is -1.08. The van der Waals surface area contributed by atoms with E-state index in [4.69, 9.17) is 5.11 Å². The Kier molecular flexibility index (Phi) is 4.48. The molecule has 1 aliphatic rings. The highest BCUT2D eigenvalue weighted by Gasteiger charge is 2.32. The number of carbonyl (C=O) groups excluding carboxylic acids is 2. The van der Waals surface area contributed by atoms with E-state index in [1.54, 1.807) is 6.92 Å². The van der Waals surface area contributed by atoms with Gasteiger partial charge < -0.3 is 15.3 Å². The van der Waals surface area contributed by atoms with Crippen LogP contribution in [0.3, 0.4) is 0 Å². The molecule has 0 bridgehead atoms. The fourth-order valence-electron chi connectivity index (χ4n) is 1.92. The van der Waals surface area contributed by atoms with Gasteiger partial charge in [0.15, 0.2) is 0 Å². The van der Waals surface area contributed by atoms with Crippen LogP contribution < -0.4 is 5.32 Å². The molecule has 2 N–H and O–H groups in total. The van der Waals surface area contributed by atoms with Crippen molar-refractivity contribution in [2.24, 2.45) is 0 Å². The Balaban J connectivity index is 2.64. The van der Waals surface area contributed by atoms with Crippen molar-refractivity contribution >= 4 is 17.8 Å². The molecular formula is C11H18N2O4. The summed E-state index contributed by atoms with van der Waals surface area (Å²) in [5.74, 6) is -1.51. The predicted octanol–water partition coefficient (Wildman–Crippen LogP) is -0.0233. The lowest BCUT2D eigenvalue weighted by atomic mass is 10.1. The van der Waals surface area contributed by atoms with Crippen molar-refractivity contribution in [3.05, 3.63) is 0 Å². The van der Waals surface area contributed by atoms with Crippen molar-refractivity contribution in [2.45, 2.75) is 45.2 Å². The number of hydrogen-bond acceptors (Lipinski definition) is 3. The topological polar surface area (TPSA) is 86.7 Å². The zero-order valence-corrected chi connectivity index (χ0v) is 10.1. The van der Waals surface area contributed by atoms with Crippen molar-refractivity contribution < 1.29 is 19.5 Å². The summed E-state index contributed by atoms with van der Waals surface area (Å²) >= 11 is 0. The molecule has 17 heavy (non-hydrogen) atoms. The van der Waals surface area contributed by atoms with Crippen molar-refractivity contribution in [3.63, 3.8) is 0 Å². The molecular weight excluding hydrogens is 224 g/mol. The molecule has 1 heterocycles. The van der Waals surface area contributed by atoms with Gasteiger partial charge in [0.05, 0.1) is 0 Å². The number of hydrogen-bond donors (Lipinski definition) is 2. The van der Waals surface area contributed by atoms with Crippen molar-refractivity contribution in [1.82, 2.24) is 10.2 Å². The van der Waals surface area contributed by atoms with E-state index in [2.05, 4.69) is 5.32 Å². The van der Waals surface area contributed by atoms with Crippen molar-refractivity contribution in [3.8, 4) is 0 Å². The third-order valence-electron chi connectivity index (χ3n) is 2.90. The Morgan fingerprint density at radius 3 is 2.59 bits per heavy atom. The molecule has 0 radical (unpaired) electrons. The summed E-state index contributed by atoms with van der Waals surface area (Å²) in [4.78, 5) is 35.5. The molecule has 0 aliphatic carbocycles. The van der Waals surface area contributed by atoms with Gasteiger partial charge in [-0.15, -0.1) is 0 Å². The molecule has 2 amide bonds. The number of likely N-dealkylation sites (tertiary alicyclic amines) is 1. The van der Waals surface area contributed by atoms with Gasteiger partial charge in [-0.3, -0.25) is 14.4 Å². The van der Waals surface area contributed by atoms with E-state index in [9.17, 15) is 14.4 Å². The van der Waals surface area contributed by atoms with Crippen LogP contribution in [0.25, 0.3) is 0 Å². The van der Waals surface area contributed by atoms with E-state index in [-0.39, 0.29) is 5.91 Å². The number of amides is 2. The Labute approximate surface area is 100.0 Å². The average molecular weight is 242 g/mol. The molecule has 1 saturated heterocycles. The first-order valence-electron chi connectivity index (χ1n) is 5.80. The summed E-state index contributed by atoms with van der Waals surface area (Å²) in [6.45, 7) is 3.78. The van der Waals surface area contributed by atoms with Gasteiger partial charge >= 0.3 is 5.97 Å². The number of aliphatic carboxylic acids is 1. The highest BCUT2D eigenvalue weighted by atomic mass is 16.4. The molecule has 1 aliphatic heterocycles. The second-order valence-corrected chi connectivity index (χ2v) is 4.18. The Morgan fingerprint density at radius 2 is 2.18 bits per heavy atom. The molecule has 0 aromatic rings. The first kappa shape index (κ1) is 13.5. The van der Waals surface area contributed by atoms with Crippen molar-refractivity contribution in [2.75, 3.05) is 6.54 Å². The van der Waals surface area contributed by atoms with Gasteiger partial charge in [-0.05, 0) is 19.8 Å². The van der Waals surface area contributed by atoms with Gasteiger partial charge in [0.2, 0.25) is 11.8 Å². The smallest absolute Gasteiger partial charge is 0.325 e. The number of nitrogens with one attached hydrogen (secondary N) is 1. The van der Waals surface area contributed by atoms with E-state index in [0.717, 1.165) is 6.42 Å². The number of carbonyl (C=O) groups is 3. The largest absolute Gasteiger partial charge is 0.480 e. The molecule has 6 heteroatoms. The van der Waals surface area contributed by atoms with E-state index >= 15 is 0 Å². The van der Waals surface area contributed by atoms with Crippen LogP contribution in [0.4, 0.5) is 0 Å². The maximum atomic E-state index is 11.9. The van der Waals surface area contributed by atoms with Gasteiger partial charge in [0, 0.05) is 13.0 Å². The Bertz CT molecular complexity index is 329. The molecule has 0 aromatic carbocycles. The lowest BCUT2D eigenvalue weighted by Crippen LogP contribution is -2.50. The zero-order chi connectivity index (χ0) is 13.0. The summed E-state index contributed by atoms with van der Waals surface area (Å²) in [5.41, 5.74) is 0. The maximum absolute atomic E-state index is 11.9. The number of rotatable bonds is 5. The van der Waals surface area contributed by atoms with Crippen LogP contribution >= 0.6 is 0 Å². The van der Waals surface area contributed by atoms with Gasteiger partial charge in [-0.25, -0.2) is 0 Å². The fourth-order valence-corrected chi connectivity index (χ4v) is 1.92. The standard InChI is InChI=1S/C11H18N2O4/c1-3-8(13-6-4-5-9(13)14)10(15)12-7(2)11(16)17/h7-8H,3-6H2,1-2H3,(H,12,15)(H,16,17). The molecule has 1 fully saturated rings. The third-order valence-corrected chi connectivity index (χ3v) is 2.90. The summed E-state index contributed by atoms with van der Waals surface area (Å²) in [6.07, 6.45) is 1.72. The third kappa shape index (κ3) is 3.18. The predicted molar refractivity (Wildman–Crippen MR) is 60.3 cm³/mol. The second-order valence-electron chi connectivity index (χ2n) is 4.18. The summed E-state index contributed by atoms with van der Waals surface area (Å²) in [6, 6.07) is -1.49. The molecule has 2 atom stereocenters. The van der Waals surface area contributed by atoms with Crippen LogP contribution in [0.15, 0.2) is 0 Å². The van der Waals surface area contributed by atoms with E-state index in [1.807, 2.05) is 0 Å². The van der Waals surface area contributed by atoms with Gasteiger partial charge in [-0.1, -0.05) is 6.92 Å². The monoisotopic (exact) mass is 242 g/mol. The fraction of sp³-hybridized carbons (Fsp3) is 0.727. The zero-order valence-electron chi connectivity index (χ0n) is 10.1. The van der Waals surface area contributed by atoms with E-state index in [0.29, 0.717) is 19.4 Å². The van der Waals surface area contributed by atoms with Crippen LogP contribution in [0, 0.1) is 0 Å². The van der Waals surface area contributed by atoms with Crippen LogP contribution in [0.5, 0.6) is 0 Å². The molecule has 0 spiro atoms. The normalized spacial score (nSPS) is 18.9. The van der Waals surface area contributed by atoms with Gasteiger partial charge in [0.25, 0.3) is 0 Å². The summed E-state index contributed by atoms with van der Waals surface area (Å²) in [7, 11) is 0. The maximum Gasteiger partial charge on any atom is 0.325 e. The number of nitrogens with zero attached hydrogens (tertiary/aromatic N) is 1. The lowest BCUT2D eigenvalue weighted by molar-refractivity contribution is -0.143. The number of carboxylic acids is 1. The summed E-state index contributed by atoms with van der Waals surface area (Å²) in [5, 5.41) is 11.1. The highest BCUT2D eigenvalue weighted by molar-refractivity contribution is 5.90. The molecule has 6 nitrogen and oxygen atoms in total. The summed E-state index contributed by atoms with van der Waals surface area (Å²) < 4.78 is 0. The lowest BCUT2D eigenvalue weighted by Gasteiger charge is -2.26. The van der Waals surface area contributed by atoms with Gasteiger partial charge in [-0.2, -0.15) is 0 Å². The second kappa shape index (κ2) is 5.65. The molecule has 1 rings (SSSR count). The van der Waals surface area contributed by atoms with E-state index in [1.165, 1.54) is 11.8 Å². The Morgan fingerprint density at radius 1 is 1.53 bits per heavy atom. The van der Waals surface area contributed by atoms with Crippen LogP contribution in [-0.2, 0) is 14.4 Å². The average Bonchev–Trinajstić information content (AvgIpc) is 2.66. The van der Waals surface area contributed by atoms with Crippen LogP contribution in [-0.4, -0.2) is 46.4 Å². The first-order valence-corrected chi connectivity index (χ1v) is 5.80. The van der Waals surface area contributed by atoms with Crippen LogP contribution in [0.1, 0.15) is 33.1 Å². The molecule has 0 aromatic heterocycles. The minimum absolute atomic E-state index is 0.0324. The Hall–Kier alpha value is -1.59. The highest BCUT2D eigenvalue weighted by Crippen LogP contribution is 2.15. The van der Waals surface area contributed by atoms with Gasteiger partial charge in [0.1, 0.15) is 12.1 Å². The molecule has 2 unspecified atom stereocenters.